The average Bonchev–Trinajstić information content (AvgIpc) is 3.06. The molecule has 1 amide bonds. The van der Waals surface area contributed by atoms with E-state index in [0.717, 1.165) is 25.7 Å². The number of aryl methyl sites for hydroxylation is 1. The number of nitrogens with one attached hydrogen (secondary N) is 1. The van der Waals surface area contributed by atoms with Crippen LogP contribution in [0.1, 0.15) is 50.5 Å². The van der Waals surface area contributed by atoms with Gasteiger partial charge in [-0.05, 0) is 64.7 Å². The predicted molar refractivity (Wildman–Crippen MR) is 142 cm³/mol. The Hall–Kier alpha value is -1.12. The maximum Gasteiger partial charge on any atom is 0.519 e. The fourth-order valence-corrected chi connectivity index (χ4v) is 6.19. The van der Waals surface area contributed by atoms with Gasteiger partial charge >= 0.3 is 5.82 Å². The quantitative estimate of drug-likeness (QED) is 0.220. The molecule has 3 heterocycles. The first-order valence-electron chi connectivity index (χ1n) is 13.1. The number of alkyl halides is 1. The van der Waals surface area contributed by atoms with Gasteiger partial charge in [-0.25, -0.2) is 4.79 Å². The van der Waals surface area contributed by atoms with Gasteiger partial charge in [0, 0.05) is 13.7 Å². The third kappa shape index (κ3) is 7.75. The van der Waals surface area contributed by atoms with Crippen LogP contribution in [-0.4, -0.2) is 100.0 Å². The van der Waals surface area contributed by atoms with Crippen LogP contribution in [0.2, 0.25) is 0 Å². The normalized spacial score (nSPS) is 32.5. The van der Waals surface area contributed by atoms with Crippen LogP contribution < -0.4 is 11.1 Å². The Morgan fingerprint density at radius 1 is 1.21 bits per heavy atom. The van der Waals surface area contributed by atoms with Crippen LogP contribution in [-0.2, 0) is 20.8 Å². The highest BCUT2D eigenvalue weighted by atomic mass is 35.5. The number of aliphatic hydroxyl groups excluding tert-OH is 3. The molecule has 0 saturated carbocycles. The van der Waals surface area contributed by atoms with Crippen molar-refractivity contribution in [1.82, 2.24) is 10.2 Å². The van der Waals surface area contributed by atoms with Gasteiger partial charge in [0.15, 0.2) is 5.76 Å². The Balaban J connectivity index is 1.80. The number of thioether (sulfide) groups is 1. The number of likely N-dealkylation sites (tertiary alicyclic amines) is 1. The Morgan fingerprint density at radius 2 is 1.95 bits per heavy atom. The standard InChI is InChI=1S/C25H41ClN2O9S/c1-13(26)18(22-20(30)19(29)21(31)24(37-22)38-4)27-23(32)16-8-7-15(6-5-11-34-3)9-10-28(16)12-17-14(2)35-25(33)36-17/h13,15-16,18-22,24,29-31H,5-12H2,1-4H3,(H,27,32)/t13-,15-,16?,18+,19-,20+,21+,22+,24+/m0/s1. The minimum Gasteiger partial charge on any atom is -0.396 e. The summed E-state index contributed by atoms with van der Waals surface area (Å²) >= 11 is 7.67. The molecule has 0 aromatic carbocycles. The van der Waals surface area contributed by atoms with E-state index in [1.165, 1.54) is 11.8 Å². The zero-order valence-electron chi connectivity index (χ0n) is 22.4. The second-order valence-electron chi connectivity index (χ2n) is 10.2. The largest absolute Gasteiger partial charge is 0.519 e. The summed E-state index contributed by atoms with van der Waals surface area (Å²) in [5, 5.41) is 33.7. The van der Waals surface area contributed by atoms with E-state index in [-0.39, 0.29) is 12.5 Å². The summed E-state index contributed by atoms with van der Waals surface area (Å²) in [6.45, 7) is 4.83. The van der Waals surface area contributed by atoms with E-state index in [0.29, 0.717) is 37.0 Å². The number of methoxy groups -OCH3 is 1. The van der Waals surface area contributed by atoms with Gasteiger partial charge in [-0.2, -0.15) is 0 Å². The molecule has 38 heavy (non-hydrogen) atoms. The zero-order valence-corrected chi connectivity index (χ0v) is 23.9. The number of rotatable bonds is 11. The van der Waals surface area contributed by atoms with Crippen molar-refractivity contribution in [1.29, 1.82) is 0 Å². The number of halogens is 1. The topological polar surface area (TPSA) is 155 Å². The molecule has 0 aliphatic carbocycles. The lowest BCUT2D eigenvalue weighted by molar-refractivity contribution is -0.205. The van der Waals surface area contributed by atoms with E-state index >= 15 is 0 Å². The third-order valence-corrected chi connectivity index (χ3v) is 8.68. The Labute approximate surface area is 232 Å². The lowest BCUT2D eigenvalue weighted by Gasteiger charge is -2.44. The van der Waals surface area contributed by atoms with E-state index < -0.39 is 53.1 Å². The lowest BCUT2D eigenvalue weighted by Crippen LogP contribution is -2.65. The summed E-state index contributed by atoms with van der Waals surface area (Å²) < 4.78 is 21.3. The molecule has 1 aromatic heterocycles. The smallest absolute Gasteiger partial charge is 0.396 e. The molecule has 9 atom stereocenters. The van der Waals surface area contributed by atoms with Crippen LogP contribution in [0.25, 0.3) is 0 Å². The third-order valence-electron chi connectivity index (χ3n) is 7.56. The van der Waals surface area contributed by atoms with Gasteiger partial charge in [0.2, 0.25) is 5.91 Å². The van der Waals surface area contributed by atoms with Crippen LogP contribution in [0.3, 0.4) is 0 Å². The highest BCUT2D eigenvalue weighted by molar-refractivity contribution is 7.99. The van der Waals surface area contributed by atoms with E-state index in [2.05, 4.69) is 5.32 Å². The molecule has 218 valence electrons. The van der Waals surface area contributed by atoms with Crippen LogP contribution in [0.4, 0.5) is 0 Å². The first-order valence-corrected chi connectivity index (χ1v) is 14.8. The maximum atomic E-state index is 13.8. The van der Waals surface area contributed by atoms with E-state index in [1.54, 1.807) is 27.2 Å². The van der Waals surface area contributed by atoms with Crippen molar-refractivity contribution < 1.29 is 38.4 Å². The molecule has 2 aliphatic rings. The van der Waals surface area contributed by atoms with Gasteiger partial charge in [0.05, 0.1) is 24.0 Å². The minimum absolute atomic E-state index is 0.226. The molecule has 0 bridgehead atoms. The first kappa shape index (κ1) is 31.4. The van der Waals surface area contributed by atoms with E-state index in [1.807, 2.05) is 4.90 Å². The Kier molecular flexibility index (Phi) is 12.0. The molecular formula is C25H41ClN2O9S. The molecule has 11 nitrogen and oxygen atoms in total. The number of aliphatic hydroxyl groups is 3. The summed E-state index contributed by atoms with van der Waals surface area (Å²) in [4.78, 5) is 27.4. The number of amides is 1. The number of hydrogen-bond donors (Lipinski definition) is 4. The molecule has 2 aliphatic heterocycles. The van der Waals surface area contributed by atoms with Gasteiger partial charge in [-0.15, -0.1) is 23.4 Å². The predicted octanol–water partition coefficient (Wildman–Crippen LogP) is 1.22. The molecule has 13 heteroatoms. The van der Waals surface area contributed by atoms with Crippen LogP contribution in [0.15, 0.2) is 13.6 Å². The molecule has 1 unspecified atom stereocenters. The first-order chi connectivity index (χ1) is 18.1. The van der Waals surface area contributed by atoms with Crippen LogP contribution in [0, 0.1) is 12.8 Å². The molecular weight excluding hydrogens is 540 g/mol. The molecule has 0 spiro atoms. The summed E-state index contributed by atoms with van der Waals surface area (Å²) in [5.74, 6) is 0.0682. The molecule has 3 rings (SSSR count). The molecule has 2 saturated heterocycles. The fraction of sp³-hybridized carbons (Fsp3) is 0.840. The lowest BCUT2D eigenvalue weighted by atomic mass is 9.92. The SMILES string of the molecule is COCCC[C@H]1CCC(C(=O)N[C@@H]([C@H]2O[C@H](SC)[C@H](O)[C@@H](O)[C@H]2O)[C@H](C)Cl)N(Cc2oc(=O)oc2C)CC1. The van der Waals surface area contributed by atoms with Gasteiger partial charge < -0.3 is 38.9 Å². The molecule has 2 fully saturated rings. The van der Waals surface area contributed by atoms with E-state index in [9.17, 15) is 24.9 Å². The van der Waals surface area contributed by atoms with Gasteiger partial charge in [-0.1, -0.05) is 0 Å². The van der Waals surface area contributed by atoms with Crippen LogP contribution >= 0.6 is 23.4 Å². The van der Waals surface area contributed by atoms with Crippen molar-refractivity contribution >= 4 is 29.3 Å². The molecule has 4 N–H and O–H groups in total. The highest BCUT2D eigenvalue weighted by Gasteiger charge is 2.48. The number of hydrogen-bond acceptors (Lipinski definition) is 11. The Bertz CT molecular complexity index is 942. The summed E-state index contributed by atoms with van der Waals surface area (Å²) in [6.07, 6.45) is 0.692. The molecule has 1 aromatic rings. The summed E-state index contributed by atoms with van der Waals surface area (Å²) in [5.41, 5.74) is -0.789. The average molecular weight is 581 g/mol. The maximum absolute atomic E-state index is 13.8. The van der Waals surface area contributed by atoms with Gasteiger partial charge in [0.25, 0.3) is 0 Å². The number of carbonyl (C=O) groups excluding carboxylic acids is 1. The number of carbonyl (C=O) groups is 1. The van der Waals surface area contributed by atoms with Crippen molar-refractivity contribution in [2.45, 2.75) is 99.8 Å². The van der Waals surface area contributed by atoms with Gasteiger partial charge in [-0.3, -0.25) is 9.69 Å². The second kappa shape index (κ2) is 14.5. The zero-order chi connectivity index (χ0) is 28.0. The number of nitrogens with zero attached hydrogens (tertiary/aromatic N) is 1. The van der Waals surface area contributed by atoms with Crippen LogP contribution in [0.5, 0.6) is 0 Å². The van der Waals surface area contributed by atoms with Crippen molar-refractivity contribution in [2.24, 2.45) is 5.92 Å². The van der Waals surface area contributed by atoms with Crippen molar-refractivity contribution in [3.05, 3.63) is 22.1 Å². The highest BCUT2D eigenvalue weighted by Crippen LogP contribution is 2.31. The molecule has 0 radical (unpaired) electrons. The minimum atomic E-state index is -1.45. The van der Waals surface area contributed by atoms with Crippen molar-refractivity contribution in [3.63, 3.8) is 0 Å². The summed E-state index contributed by atoms with van der Waals surface area (Å²) in [6, 6.07) is -1.40. The number of ether oxygens (including phenoxy) is 2. The fourth-order valence-electron chi connectivity index (χ4n) is 5.30. The van der Waals surface area contributed by atoms with Crippen molar-refractivity contribution in [2.75, 3.05) is 26.5 Å². The monoisotopic (exact) mass is 580 g/mol. The second-order valence-corrected chi connectivity index (χ2v) is 11.8. The van der Waals surface area contributed by atoms with Gasteiger partial charge in [0.1, 0.15) is 35.6 Å². The Morgan fingerprint density at radius 3 is 2.55 bits per heavy atom. The summed E-state index contributed by atoms with van der Waals surface area (Å²) in [7, 11) is 1.68. The van der Waals surface area contributed by atoms with Crippen molar-refractivity contribution in [3.8, 4) is 0 Å². The van der Waals surface area contributed by atoms with E-state index in [4.69, 9.17) is 29.9 Å².